The molecule has 1 fully saturated rings. The normalized spacial score (nSPS) is 15.4. The van der Waals surface area contributed by atoms with Crippen molar-refractivity contribution in [2.45, 2.75) is 51.9 Å². The molecule has 0 aliphatic heterocycles. The summed E-state index contributed by atoms with van der Waals surface area (Å²) in [6.07, 6.45) is 3.92. The van der Waals surface area contributed by atoms with Crippen molar-refractivity contribution in [1.82, 2.24) is 0 Å². The summed E-state index contributed by atoms with van der Waals surface area (Å²) in [7, 11) is 0. The average molecular weight is 323 g/mol. The van der Waals surface area contributed by atoms with Gasteiger partial charge in [0, 0.05) is 0 Å². The largest absolute Gasteiger partial charge is 0.289 e. The van der Waals surface area contributed by atoms with E-state index in [1.165, 1.54) is 13.8 Å². The van der Waals surface area contributed by atoms with E-state index in [4.69, 9.17) is 0 Å². The van der Waals surface area contributed by atoms with Crippen molar-refractivity contribution in [3.63, 3.8) is 0 Å². The van der Waals surface area contributed by atoms with E-state index in [1.54, 1.807) is 0 Å². The SMILES string of the molecule is Cc1c([N+](=O)[O-])c(C)c([N+](=O)[O-])c(C2CCCCC2)c1[N+](=O)[O-]. The number of benzene rings is 1. The second kappa shape index (κ2) is 6.27. The van der Waals surface area contributed by atoms with Crippen LogP contribution in [-0.4, -0.2) is 14.8 Å². The Balaban J connectivity index is 2.88. The monoisotopic (exact) mass is 323 g/mol. The molecule has 0 atom stereocenters. The molecular weight excluding hydrogens is 306 g/mol. The molecule has 0 bridgehead atoms. The first-order valence-electron chi connectivity index (χ1n) is 7.37. The predicted molar refractivity (Wildman–Crippen MR) is 81.7 cm³/mol. The molecule has 2 rings (SSSR count). The molecule has 9 nitrogen and oxygen atoms in total. The molecule has 9 heteroatoms. The minimum absolute atomic E-state index is 0.0558. The highest BCUT2D eigenvalue weighted by molar-refractivity contribution is 5.72. The lowest BCUT2D eigenvalue weighted by atomic mass is 9.80. The fraction of sp³-hybridized carbons (Fsp3) is 0.571. The van der Waals surface area contributed by atoms with E-state index in [0.717, 1.165) is 19.3 Å². The lowest BCUT2D eigenvalue weighted by Gasteiger charge is -2.22. The summed E-state index contributed by atoms with van der Waals surface area (Å²) in [5.41, 5.74) is -1.64. The third kappa shape index (κ3) is 2.86. The van der Waals surface area contributed by atoms with E-state index >= 15 is 0 Å². The second-order valence-electron chi connectivity index (χ2n) is 5.82. The second-order valence-corrected chi connectivity index (χ2v) is 5.82. The summed E-state index contributed by atoms with van der Waals surface area (Å²) in [6.45, 7) is 2.58. The molecule has 0 heterocycles. The van der Waals surface area contributed by atoms with Crippen molar-refractivity contribution in [2.24, 2.45) is 0 Å². The number of nitrogens with zero attached hydrogens (tertiary/aromatic N) is 3. The highest BCUT2D eigenvalue weighted by atomic mass is 16.6. The van der Waals surface area contributed by atoms with Gasteiger partial charge in [0.05, 0.1) is 14.8 Å². The Morgan fingerprint density at radius 1 is 0.739 bits per heavy atom. The van der Waals surface area contributed by atoms with E-state index in [0.29, 0.717) is 12.8 Å². The van der Waals surface area contributed by atoms with Gasteiger partial charge in [-0.15, -0.1) is 0 Å². The van der Waals surface area contributed by atoms with Crippen LogP contribution in [0.25, 0.3) is 0 Å². The molecule has 0 aromatic heterocycles. The first kappa shape index (κ1) is 16.8. The van der Waals surface area contributed by atoms with Crippen LogP contribution in [-0.2, 0) is 0 Å². The Hall–Kier alpha value is -2.58. The van der Waals surface area contributed by atoms with Crippen LogP contribution in [0.3, 0.4) is 0 Å². The highest BCUT2D eigenvalue weighted by Crippen LogP contribution is 2.48. The summed E-state index contributed by atoms with van der Waals surface area (Å²) in [5, 5.41) is 34.3. The maximum absolute atomic E-state index is 11.5. The summed E-state index contributed by atoms with van der Waals surface area (Å²) >= 11 is 0. The van der Waals surface area contributed by atoms with Gasteiger partial charge in [0.1, 0.15) is 16.7 Å². The zero-order chi connectivity index (χ0) is 17.3. The maximum atomic E-state index is 11.5. The molecule has 0 amide bonds. The molecule has 124 valence electrons. The molecule has 0 saturated heterocycles. The molecule has 0 N–H and O–H groups in total. The molecule has 23 heavy (non-hydrogen) atoms. The van der Waals surface area contributed by atoms with Gasteiger partial charge in [-0.2, -0.15) is 0 Å². The van der Waals surface area contributed by atoms with Gasteiger partial charge in [-0.1, -0.05) is 19.3 Å². The summed E-state index contributed by atoms with van der Waals surface area (Å²) in [5.74, 6) is -0.303. The van der Waals surface area contributed by atoms with Crippen molar-refractivity contribution >= 4 is 17.1 Å². The molecule has 0 unspecified atom stereocenters. The minimum atomic E-state index is -0.782. The predicted octanol–water partition coefficient (Wildman–Crippen LogP) is 4.08. The van der Waals surface area contributed by atoms with Gasteiger partial charge in [-0.05, 0) is 32.6 Å². The number of nitro benzene ring substituents is 3. The Bertz CT molecular complexity index is 653. The standard InChI is InChI=1S/C14H17N3O6/c1-8-12(15(18)19)9(2)14(17(22)23)11(13(8)16(20)21)10-6-4-3-5-7-10/h10H,3-7H2,1-2H3. The van der Waals surface area contributed by atoms with Crippen LogP contribution in [0.2, 0.25) is 0 Å². The third-order valence-electron chi connectivity index (χ3n) is 4.49. The minimum Gasteiger partial charge on any atom is -0.258 e. The van der Waals surface area contributed by atoms with Crippen LogP contribution in [0.5, 0.6) is 0 Å². The van der Waals surface area contributed by atoms with Crippen molar-refractivity contribution in [1.29, 1.82) is 0 Å². The summed E-state index contributed by atoms with van der Waals surface area (Å²) in [6, 6.07) is 0. The smallest absolute Gasteiger partial charge is 0.258 e. The van der Waals surface area contributed by atoms with Crippen molar-refractivity contribution in [3.8, 4) is 0 Å². The van der Waals surface area contributed by atoms with E-state index < -0.39 is 31.8 Å². The third-order valence-corrected chi connectivity index (χ3v) is 4.49. The van der Waals surface area contributed by atoms with Gasteiger partial charge in [-0.25, -0.2) is 0 Å². The number of hydrogen-bond donors (Lipinski definition) is 0. The first-order chi connectivity index (χ1) is 10.8. The molecular formula is C14H17N3O6. The fourth-order valence-electron chi connectivity index (χ4n) is 3.54. The van der Waals surface area contributed by atoms with Crippen LogP contribution in [0, 0.1) is 44.2 Å². The Morgan fingerprint density at radius 3 is 1.48 bits per heavy atom. The molecule has 1 aromatic carbocycles. The van der Waals surface area contributed by atoms with E-state index in [-0.39, 0.29) is 22.6 Å². The fourth-order valence-corrected chi connectivity index (χ4v) is 3.54. The first-order valence-corrected chi connectivity index (χ1v) is 7.37. The lowest BCUT2D eigenvalue weighted by Crippen LogP contribution is -2.14. The zero-order valence-corrected chi connectivity index (χ0v) is 12.9. The molecule has 1 aliphatic carbocycles. The number of nitro groups is 3. The molecule has 1 aromatic rings. The van der Waals surface area contributed by atoms with E-state index in [9.17, 15) is 30.3 Å². The zero-order valence-electron chi connectivity index (χ0n) is 12.9. The van der Waals surface area contributed by atoms with Gasteiger partial charge in [0.25, 0.3) is 17.1 Å². The van der Waals surface area contributed by atoms with Gasteiger partial charge in [0.2, 0.25) is 0 Å². The van der Waals surface area contributed by atoms with Gasteiger partial charge in [0.15, 0.2) is 0 Å². The summed E-state index contributed by atoms with van der Waals surface area (Å²) in [4.78, 5) is 32.0. The van der Waals surface area contributed by atoms with Gasteiger partial charge in [-0.3, -0.25) is 30.3 Å². The molecule has 0 radical (unpaired) electrons. The summed E-state index contributed by atoms with van der Waals surface area (Å²) < 4.78 is 0. The van der Waals surface area contributed by atoms with Gasteiger partial charge < -0.3 is 0 Å². The lowest BCUT2D eigenvalue weighted by molar-refractivity contribution is -0.405. The van der Waals surface area contributed by atoms with Crippen LogP contribution in [0.15, 0.2) is 0 Å². The van der Waals surface area contributed by atoms with E-state index in [2.05, 4.69) is 0 Å². The highest BCUT2D eigenvalue weighted by Gasteiger charge is 2.41. The molecule has 1 saturated carbocycles. The molecule has 0 spiro atoms. The Labute approximate surface area is 131 Å². The average Bonchev–Trinajstić information content (AvgIpc) is 2.46. The topological polar surface area (TPSA) is 129 Å². The number of rotatable bonds is 4. The van der Waals surface area contributed by atoms with Crippen molar-refractivity contribution < 1.29 is 14.8 Å². The maximum Gasteiger partial charge on any atom is 0.289 e. The van der Waals surface area contributed by atoms with Crippen LogP contribution in [0.1, 0.15) is 54.7 Å². The van der Waals surface area contributed by atoms with Gasteiger partial charge >= 0.3 is 0 Å². The number of hydrogen-bond acceptors (Lipinski definition) is 6. The van der Waals surface area contributed by atoms with Crippen molar-refractivity contribution in [3.05, 3.63) is 47.0 Å². The van der Waals surface area contributed by atoms with Crippen LogP contribution >= 0.6 is 0 Å². The van der Waals surface area contributed by atoms with Crippen LogP contribution < -0.4 is 0 Å². The van der Waals surface area contributed by atoms with Crippen molar-refractivity contribution in [2.75, 3.05) is 0 Å². The Kier molecular flexibility index (Phi) is 4.57. The quantitative estimate of drug-likeness (QED) is 0.606. The molecule has 1 aliphatic rings. The Morgan fingerprint density at radius 2 is 1.13 bits per heavy atom. The van der Waals surface area contributed by atoms with Crippen LogP contribution in [0.4, 0.5) is 17.1 Å². The van der Waals surface area contributed by atoms with E-state index in [1.807, 2.05) is 0 Å².